The van der Waals surface area contributed by atoms with Crippen LogP contribution in [0.3, 0.4) is 0 Å². The van der Waals surface area contributed by atoms with Gasteiger partial charge in [0, 0.05) is 43.5 Å². The zero-order chi connectivity index (χ0) is 12.1. The highest BCUT2D eigenvalue weighted by Gasteiger charge is 2.19. The van der Waals surface area contributed by atoms with Crippen molar-refractivity contribution in [3.8, 4) is 0 Å². The van der Waals surface area contributed by atoms with Gasteiger partial charge in [-0.3, -0.25) is 4.79 Å². The van der Waals surface area contributed by atoms with Gasteiger partial charge in [-0.1, -0.05) is 0 Å². The first kappa shape index (κ1) is 11.7. The van der Waals surface area contributed by atoms with Gasteiger partial charge in [-0.05, 0) is 19.4 Å². The summed E-state index contributed by atoms with van der Waals surface area (Å²) in [7, 11) is 0. The van der Waals surface area contributed by atoms with E-state index in [1.807, 2.05) is 19.1 Å². The number of amides is 1. The molecule has 92 valence electrons. The van der Waals surface area contributed by atoms with E-state index >= 15 is 0 Å². The molecule has 3 N–H and O–H groups in total. The second-order valence-corrected chi connectivity index (χ2v) is 4.14. The van der Waals surface area contributed by atoms with E-state index in [4.69, 9.17) is 0 Å². The van der Waals surface area contributed by atoms with Crippen LogP contribution in [0.15, 0.2) is 18.3 Å². The average Bonchev–Trinajstić information content (AvgIpc) is 2.74. The fraction of sp³-hybridized carbons (Fsp3) is 0.500. The Labute approximate surface area is 101 Å². The molecule has 1 unspecified atom stereocenters. The minimum Gasteiger partial charge on any atom is -0.383 e. The molecule has 0 aliphatic carbocycles. The summed E-state index contributed by atoms with van der Waals surface area (Å²) in [6, 6.07) is 4.15. The van der Waals surface area contributed by atoms with E-state index in [1.165, 1.54) is 0 Å². The van der Waals surface area contributed by atoms with Crippen LogP contribution in [0, 0.1) is 0 Å². The van der Waals surface area contributed by atoms with E-state index in [9.17, 15) is 4.79 Å². The van der Waals surface area contributed by atoms with Crippen molar-refractivity contribution in [2.24, 2.45) is 0 Å². The van der Waals surface area contributed by atoms with Crippen LogP contribution < -0.4 is 16.0 Å². The third-order valence-corrected chi connectivity index (χ3v) is 2.76. The molecule has 0 aromatic carbocycles. The first-order valence-corrected chi connectivity index (χ1v) is 6.01. The Morgan fingerprint density at radius 1 is 1.53 bits per heavy atom. The highest BCUT2D eigenvalue weighted by molar-refractivity contribution is 5.78. The standard InChI is InChI=1S/C12H18N4O/c1-2-13-11-7-9(5-6-14-11)15-8-10-3-4-12(17)16-10/h5-7,10H,2-4,8H2,1H3,(H,16,17)(H2,13,14,15). The minimum absolute atomic E-state index is 0.153. The summed E-state index contributed by atoms with van der Waals surface area (Å²) in [6.07, 6.45) is 3.33. The van der Waals surface area contributed by atoms with Gasteiger partial charge in [0.2, 0.25) is 5.91 Å². The molecule has 1 aromatic rings. The number of hydrogen-bond donors (Lipinski definition) is 3. The Balaban J connectivity index is 1.85. The molecule has 0 bridgehead atoms. The molecular weight excluding hydrogens is 216 g/mol. The van der Waals surface area contributed by atoms with Crippen LogP contribution in [0.1, 0.15) is 19.8 Å². The molecule has 0 spiro atoms. The van der Waals surface area contributed by atoms with Crippen molar-refractivity contribution in [3.63, 3.8) is 0 Å². The van der Waals surface area contributed by atoms with E-state index in [-0.39, 0.29) is 11.9 Å². The number of anilines is 2. The molecule has 2 heterocycles. The van der Waals surface area contributed by atoms with Gasteiger partial charge in [0.15, 0.2) is 0 Å². The van der Waals surface area contributed by atoms with Crippen LogP contribution in [-0.4, -0.2) is 30.0 Å². The van der Waals surface area contributed by atoms with Crippen LogP contribution in [0.2, 0.25) is 0 Å². The number of carbonyl (C=O) groups excluding carboxylic acids is 1. The molecule has 5 heteroatoms. The van der Waals surface area contributed by atoms with Gasteiger partial charge < -0.3 is 16.0 Å². The average molecular weight is 234 g/mol. The van der Waals surface area contributed by atoms with Crippen molar-refractivity contribution >= 4 is 17.4 Å². The Kier molecular flexibility index (Phi) is 3.80. The predicted octanol–water partition coefficient (Wildman–Crippen LogP) is 1.20. The molecule has 1 aliphatic rings. The molecule has 1 fully saturated rings. The third kappa shape index (κ3) is 3.34. The predicted molar refractivity (Wildman–Crippen MR) is 68.1 cm³/mol. The molecule has 1 aromatic heterocycles. The van der Waals surface area contributed by atoms with E-state index < -0.39 is 0 Å². The smallest absolute Gasteiger partial charge is 0.220 e. The molecule has 0 saturated carbocycles. The number of nitrogens with one attached hydrogen (secondary N) is 3. The fourth-order valence-corrected chi connectivity index (χ4v) is 1.89. The van der Waals surface area contributed by atoms with Gasteiger partial charge in [-0.15, -0.1) is 0 Å². The summed E-state index contributed by atoms with van der Waals surface area (Å²) >= 11 is 0. The molecule has 1 saturated heterocycles. The first-order chi connectivity index (χ1) is 8.28. The molecule has 17 heavy (non-hydrogen) atoms. The molecular formula is C12H18N4O. The molecule has 1 aliphatic heterocycles. The summed E-state index contributed by atoms with van der Waals surface area (Å²) in [6.45, 7) is 3.66. The maximum atomic E-state index is 11.0. The number of carbonyl (C=O) groups is 1. The van der Waals surface area contributed by atoms with Gasteiger partial charge in [0.1, 0.15) is 5.82 Å². The van der Waals surface area contributed by atoms with Crippen molar-refractivity contribution in [3.05, 3.63) is 18.3 Å². The van der Waals surface area contributed by atoms with E-state index in [0.29, 0.717) is 6.42 Å². The third-order valence-electron chi connectivity index (χ3n) is 2.76. The van der Waals surface area contributed by atoms with Crippen molar-refractivity contribution in [1.29, 1.82) is 0 Å². The number of rotatable bonds is 5. The zero-order valence-corrected chi connectivity index (χ0v) is 9.99. The monoisotopic (exact) mass is 234 g/mol. The molecule has 1 atom stereocenters. The number of hydrogen-bond acceptors (Lipinski definition) is 4. The maximum absolute atomic E-state index is 11.0. The summed E-state index contributed by atoms with van der Waals surface area (Å²) in [5.41, 5.74) is 1.03. The van der Waals surface area contributed by atoms with Crippen molar-refractivity contribution in [2.45, 2.75) is 25.8 Å². The van der Waals surface area contributed by atoms with Crippen molar-refractivity contribution in [1.82, 2.24) is 10.3 Å². The number of nitrogens with zero attached hydrogens (tertiary/aromatic N) is 1. The van der Waals surface area contributed by atoms with Gasteiger partial charge in [0.25, 0.3) is 0 Å². The topological polar surface area (TPSA) is 66.0 Å². The fourth-order valence-electron chi connectivity index (χ4n) is 1.89. The first-order valence-electron chi connectivity index (χ1n) is 6.01. The summed E-state index contributed by atoms with van der Waals surface area (Å²) in [5.74, 6) is 1.02. The summed E-state index contributed by atoms with van der Waals surface area (Å²) < 4.78 is 0. The van der Waals surface area contributed by atoms with Crippen LogP contribution in [-0.2, 0) is 4.79 Å². The van der Waals surface area contributed by atoms with E-state index in [2.05, 4.69) is 20.9 Å². The highest BCUT2D eigenvalue weighted by atomic mass is 16.1. The molecule has 0 radical (unpaired) electrons. The molecule has 1 amide bonds. The second-order valence-electron chi connectivity index (χ2n) is 4.14. The molecule has 2 rings (SSSR count). The van der Waals surface area contributed by atoms with Crippen molar-refractivity contribution < 1.29 is 4.79 Å². The molecule has 5 nitrogen and oxygen atoms in total. The number of aromatic nitrogens is 1. The van der Waals surface area contributed by atoms with E-state index in [1.54, 1.807) is 6.20 Å². The van der Waals surface area contributed by atoms with Crippen LogP contribution in [0.4, 0.5) is 11.5 Å². The number of pyridine rings is 1. The van der Waals surface area contributed by atoms with Gasteiger partial charge in [0.05, 0.1) is 0 Å². The summed E-state index contributed by atoms with van der Waals surface area (Å²) in [5, 5.41) is 9.40. The lowest BCUT2D eigenvalue weighted by molar-refractivity contribution is -0.119. The normalized spacial score (nSPS) is 18.9. The van der Waals surface area contributed by atoms with Crippen LogP contribution >= 0.6 is 0 Å². The lowest BCUT2D eigenvalue weighted by atomic mass is 10.2. The second kappa shape index (κ2) is 5.52. The highest BCUT2D eigenvalue weighted by Crippen LogP contribution is 2.13. The zero-order valence-electron chi connectivity index (χ0n) is 9.99. The van der Waals surface area contributed by atoms with Crippen LogP contribution in [0.25, 0.3) is 0 Å². The van der Waals surface area contributed by atoms with E-state index in [0.717, 1.165) is 31.0 Å². The Hall–Kier alpha value is -1.78. The minimum atomic E-state index is 0.153. The Morgan fingerprint density at radius 2 is 2.41 bits per heavy atom. The maximum Gasteiger partial charge on any atom is 0.220 e. The van der Waals surface area contributed by atoms with Gasteiger partial charge in [-0.2, -0.15) is 0 Å². The van der Waals surface area contributed by atoms with Gasteiger partial charge >= 0.3 is 0 Å². The lowest BCUT2D eigenvalue weighted by Crippen LogP contribution is -2.31. The quantitative estimate of drug-likeness (QED) is 0.716. The Bertz CT molecular complexity index is 394. The van der Waals surface area contributed by atoms with Crippen LogP contribution in [0.5, 0.6) is 0 Å². The largest absolute Gasteiger partial charge is 0.383 e. The summed E-state index contributed by atoms with van der Waals surface area (Å²) in [4.78, 5) is 15.2. The Morgan fingerprint density at radius 3 is 3.12 bits per heavy atom. The SMILES string of the molecule is CCNc1cc(NCC2CCC(=O)N2)ccn1. The van der Waals surface area contributed by atoms with Gasteiger partial charge in [-0.25, -0.2) is 4.98 Å². The van der Waals surface area contributed by atoms with Crippen molar-refractivity contribution in [2.75, 3.05) is 23.7 Å². The lowest BCUT2D eigenvalue weighted by Gasteiger charge is -2.13.